The Morgan fingerprint density at radius 1 is 1.25 bits per heavy atom. The van der Waals surface area contributed by atoms with E-state index in [-0.39, 0.29) is 6.10 Å². The zero-order valence-electron chi connectivity index (χ0n) is 12.1. The summed E-state index contributed by atoms with van der Waals surface area (Å²) in [5.41, 5.74) is 0. The van der Waals surface area contributed by atoms with E-state index < -0.39 is 0 Å². The van der Waals surface area contributed by atoms with Crippen molar-refractivity contribution in [1.29, 1.82) is 0 Å². The standard InChI is InChI=1S/C15H23NO3S/c1-11(2)16-9-12(17)10-20-13-4-5-14-15(8-13)19-7-3-6-18-14/h4-5,8,11-12,16-17H,3,6-7,9-10H2,1-2H3. The molecule has 0 saturated heterocycles. The first-order chi connectivity index (χ1) is 9.65. The average Bonchev–Trinajstić information content (AvgIpc) is 2.67. The Morgan fingerprint density at radius 2 is 2.00 bits per heavy atom. The number of benzene rings is 1. The van der Waals surface area contributed by atoms with Crippen molar-refractivity contribution in [3.05, 3.63) is 18.2 Å². The summed E-state index contributed by atoms with van der Waals surface area (Å²) in [5, 5.41) is 13.1. The molecule has 4 nitrogen and oxygen atoms in total. The summed E-state index contributed by atoms with van der Waals surface area (Å²) in [6.07, 6.45) is 0.565. The highest BCUT2D eigenvalue weighted by Crippen LogP contribution is 2.33. The Balaban J connectivity index is 1.85. The van der Waals surface area contributed by atoms with E-state index in [1.807, 2.05) is 18.2 Å². The van der Waals surface area contributed by atoms with E-state index in [4.69, 9.17) is 9.47 Å². The molecule has 0 saturated carbocycles. The van der Waals surface area contributed by atoms with Gasteiger partial charge < -0.3 is 19.9 Å². The molecule has 112 valence electrons. The molecule has 0 bridgehead atoms. The summed E-state index contributed by atoms with van der Waals surface area (Å²) in [5.74, 6) is 2.29. The fourth-order valence-electron chi connectivity index (χ4n) is 1.86. The number of aliphatic hydroxyl groups excluding tert-OH is 1. The predicted octanol–water partition coefficient (Wildman–Crippen LogP) is 2.30. The van der Waals surface area contributed by atoms with Gasteiger partial charge in [-0.2, -0.15) is 0 Å². The van der Waals surface area contributed by atoms with Crippen LogP contribution in [0.4, 0.5) is 0 Å². The summed E-state index contributed by atoms with van der Waals surface area (Å²) in [7, 11) is 0. The Kier molecular flexibility index (Phi) is 6.01. The molecule has 2 N–H and O–H groups in total. The van der Waals surface area contributed by atoms with Crippen LogP contribution < -0.4 is 14.8 Å². The first kappa shape index (κ1) is 15.5. The number of rotatable bonds is 6. The fourth-order valence-corrected chi connectivity index (χ4v) is 2.71. The number of fused-ring (bicyclic) bond motifs is 1. The topological polar surface area (TPSA) is 50.7 Å². The van der Waals surface area contributed by atoms with Crippen LogP contribution in [-0.4, -0.2) is 42.8 Å². The van der Waals surface area contributed by atoms with Gasteiger partial charge in [-0.1, -0.05) is 13.8 Å². The molecule has 1 unspecified atom stereocenters. The van der Waals surface area contributed by atoms with Gasteiger partial charge in [0, 0.05) is 29.7 Å². The van der Waals surface area contributed by atoms with Crippen LogP contribution >= 0.6 is 11.8 Å². The third kappa shape index (κ3) is 4.89. The Labute approximate surface area is 124 Å². The van der Waals surface area contributed by atoms with Crippen molar-refractivity contribution >= 4 is 11.8 Å². The summed E-state index contributed by atoms with van der Waals surface area (Å²) in [4.78, 5) is 1.10. The molecule has 1 atom stereocenters. The van der Waals surface area contributed by atoms with E-state index in [0.717, 1.165) is 22.8 Å². The smallest absolute Gasteiger partial charge is 0.162 e. The SMILES string of the molecule is CC(C)NCC(O)CSc1ccc2c(c1)OCCCO2. The molecule has 1 aromatic rings. The third-order valence-electron chi connectivity index (χ3n) is 2.92. The number of hydrogen-bond donors (Lipinski definition) is 2. The number of ether oxygens (including phenoxy) is 2. The average molecular weight is 297 g/mol. The lowest BCUT2D eigenvalue weighted by atomic mass is 10.3. The Bertz CT molecular complexity index is 426. The maximum atomic E-state index is 9.90. The van der Waals surface area contributed by atoms with Gasteiger partial charge in [0.25, 0.3) is 0 Å². The minimum Gasteiger partial charge on any atom is -0.490 e. The van der Waals surface area contributed by atoms with E-state index in [2.05, 4.69) is 19.2 Å². The fraction of sp³-hybridized carbons (Fsp3) is 0.600. The van der Waals surface area contributed by atoms with Gasteiger partial charge in [-0.3, -0.25) is 0 Å². The van der Waals surface area contributed by atoms with Crippen LogP contribution in [0.5, 0.6) is 11.5 Å². The normalized spacial score (nSPS) is 16.0. The number of nitrogens with one attached hydrogen (secondary N) is 1. The van der Waals surface area contributed by atoms with Crippen LogP contribution in [0, 0.1) is 0 Å². The van der Waals surface area contributed by atoms with E-state index in [1.54, 1.807) is 11.8 Å². The second-order valence-corrected chi connectivity index (χ2v) is 6.28. The van der Waals surface area contributed by atoms with Crippen LogP contribution in [0.1, 0.15) is 20.3 Å². The molecule has 0 aliphatic carbocycles. The minimum atomic E-state index is -0.349. The van der Waals surface area contributed by atoms with E-state index in [1.165, 1.54) is 0 Å². The molecule has 0 amide bonds. The maximum absolute atomic E-state index is 9.90. The van der Waals surface area contributed by atoms with Gasteiger partial charge >= 0.3 is 0 Å². The van der Waals surface area contributed by atoms with Crippen LogP contribution in [-0.2, 0) is 0 Å². The molecular formula is C15H23NO3S. The molecule has 1 aromatic carbocycles. The van der Waals surface area contributed by atoms with Crippen molar-refractivity contribution < 1.29 is 14.6 Å². The molecule has 0 spiro atoms. The van der Waals surface area contributed by atoms with Crippen molar-refractivity contribution in [2.75, 3.05) is 25.5 Å². The van der Waals surface area contributed by atoms with E-state index in [9.17, 15) is 5.11 Å². The minimum absolute atomic E-state index is 0.349. The Morgan fingerprint density at radius 3 is 2.75 bits per heavy atom. The van der Waals surface area contributed by atoms with Crippen LogP contribution in [0.15, 0.2) is 23.1 Å². The van der Waals surface area contributed by atoms with Gasteiger partial charge in [-0.05, 0) is 18.2 Å². The zero-order chi connectivity index (χ0) is 14.4. The van der Waals surface area contributed by atoms with Crippen LogP contribution in [0.3, 0.4) is 0 Å². The number of thioether (sulfide) groups is 1. The van der Waals surface area contributed by atoms with Crippen LogP contribution in [0.25, 0.3) is 0 Å². The quantitative estimate of drug-likeness (QED) is 0.789. The second kappa shape index (κ2) is 7.76. The van der Waals surface area contributed by atoms with E-state index in [0.29, 0.717) is 31.6 Å². The van der Waals surface area contributed by atoms with Crippen molar-refractivity contribution in [3.63, 3.8) is 0 Å². The van der Waals surface area contributed by atoms with Crippen molar-refractivity contribution in [3.8, 4) is 11.5 Å². The highest BCUT2D eigenvalue weighted by atomic mass is 32.2. The lowest BCUT2D eigenvalue weighted by molar-refractivity contribution is 0.192. The van der Waals surface area contributed by atoms with Crippen molar-refractivity contribution in [2.45, 2.75) is 37.3 Å². The van der Waals surface area contributed by atoms with E-state index >= 15 is 0 Å². The molecule has 2 rings (SSSR count). The molecule has 0 fully saturated rings. The van der Waals surface area contributed by atoms with Gasteiger partial charge in [-0.25, -0.2) is 0 Å². The van der Waals surface area contributed by atoms with Gasteiger partial charge in [0.05, 0.1) is 19.3 Å². The van der Waals surface area contributed by atoms with Gasteiger partial charge in [0.15, 0.2) is 11.5 Å². The highest BCUT2D eigenvalue weighted by molar-refractivity contribution is 7.99. The largest absolute Gasteiger partial charge is 0.490 e. The molecule has 1 aliphatic rings. The molecule has 20 heavy (non-hydrogen) atoms. The summed E-state index contributed by atoms with van der Waals surface area (Å²) < 4.78 is 11.3. The summed E-state index contributed by atoms with van der Waals surface area (Å²) in [6.45, 7) is 6.17. The van der Waals surface area contributed by atoms with Crippen molar-refractivity contribution in [2.24, 2.45) is 0 Å². The summed E-state index contributed by atoms with van der Waals surface area (Å²) in [6, 6.07) is 6.35. The zero-order valence-corrected chi connectivity index (χ0v) is 12.9. The first-order valence-electron chi connectivity index (χ1n) is 7.09. The van der Waals surface area contributed by atoms with Gasteiger partial charge in [0.2, 0.25) is 0 Å². The third-order valence-corrected chi connectivity index (χ3v) is 4.06. The van der Waals surface area contributed by atoms with Gasteiger partial charge in [-0.15, -0.1) is 11.8 Å². The second-order valence-electron chi connectivity index (χ2n) is 5.19. The molecule has 0 aromatic heterocycles. The highest BCUT2D eigenvalue weighted by Gasteiger charge is 2.12. The van der Waals surface area contributed by atoms with Gasteiger partial charge in [0.1, 0.15) is 0 Å². The number of aliphatic hydroxyl groups is 1. The lowest BCUT2D eigenvalue weighted by Gasteiger charge is -2.14. The Hall–Kier alpha value is -0.910. The van der Waals surface area contributed by atoms with Crippen molar-refractivity contribution in [1.82, 2.24) is 5.32 Å². The number of hydrogen-bond acceptors (Lipinski definition) is 5. The predicted molar refractivity (Wildman–Crippen MR) is 81.9 cm³/mol. The maximum Gasteiger partial charge on any atom is 0.162 e. The molecule has 5 heteroatoms. The van der Waals surface area contributed by atoms with Crippen LogP contribution in [0.2, 0.25) is 0 Å². The molecule has 1 aliphatic heterocycles. The molecular weight excluding hydrogens is 274 g/mol. The monoisotopic (exact) mass is 297 g/mol. The first-order valence-corrected chi connectivity index (χ1v) is 8.07. The summed E-state index contributed by atoms with van der Waals surface area (Å²) >= 11 is 1.63. The molecule has 1 heterocycles. The molecule has 0 radical (unpaired) electrons. The lowest BCUT2D eigenvalue weighted by Crippen LogP contribution is -2.33.